The number of hydrogen-bond donors (Lipinski definition) is 3. The predicted molar refractivity (Wildman–Crippen MR) is 85.1 cm³/mol. The van der Waals surface area contributed by atoms with Crippen LogP contribution in [-0.2, 0) is 6.54 Å². The Labute approximate surface area is 140 Å². The monoisotopic (exact) mass is 338 g/mol. The van der Waals surface area contributed by atoms with Gasteiger partial charge < -0.3 is 10.3 Å². The maximum Gasteiger partial charge on any atom is 0.293 e. The van der Waals surface area contributed by atoms with Gasteiger partial charge in [0.1, 0.15) is 22.4 Å². The topological polar surface area (TPSA) is 103 Å². The molecule has 4 aromatic rings. The summed E-state index contributed by atoms with van der Waals surface area (Å²) in [6.45, 7) is 0.190. The minimum Gasteiger partial charge on any atom is -0.345 e. The van der Waals surface area contributed by atoms with Gasteiger partial charge in [-0.05, 0) is 30.3 Å². The van der Waals surface area contributed by atoms with Gasteiger partial charge in [-0.2, -0.15) is 0 Å². The Morgan fingerprint density at radius 3 is 2.92 bits per heavy atom. The molecule has 0 aliphatic carbocycles. The first kappa shape index (κ1) is 14.9. The fraction of sp³-hybridized carbons (Fsp3) is 0.0625. The van der Waals surface area contributed by atoms with Crippen LogP contribution in [0.2, 0.25) is 0 Å². The van der Waals surface area contributed by atoms with E-state index in [9.17, 15) is 9.18 Å². The number of amides is 1. The van der Waals surface area contributed by atoms with E-state index in [1.54, 1.807) is 0 Å². The van der Waals surface area contributed by atoms with Crippen LogP contribution in [-0.4, -0.2) is 31.4 Å². The normalized spacial score (nSPS) is 10.9. The number of aromatic nitrogens is 6. The van der Waals surface area contributed by atoms with Crippen molar-refractivity contribution in [3.05, 3.63) is 66.0 Å². The summed E-state index contributed by atoms with van der Waals surface area (Å²) in [7, 11) is 0. The molecule has 0 aliphatic rings. The van der Waals surface area contributed by atoms with Crippen molar-refractivity contribution in [3.63, 3.8) is 0 Å². The van der Waals surface area contributed by atoms with Crippen molar-refractivity contribution in [1.29, 1.82) is 0 Å². The number of nitrogens with one attached hydrogen (secondary N) is 3. The molecular formula is C16H13FN7O+. The maximum atomic E-state index is 13.6. The Morgan fingerprint density at radius 2 is 2.12 bits per heavy atom. The number of H-pyrrole nitrogens is 2. The van der Waals surface area contributed by atoms with E-state index >= 15 is 0 Å². The van der Waals surface area contributed by atoms with Gasteiger partial charge in [0, 0.05) is 0 Å². The van der Waals surface area contributed by atoms with E-state index in [4.69, 9.17) is 0 Å². The summed E-state index contributed by atoms with van der Waals surface area (Å²) in [6, 6.07) is 11.5. The lowest BCUT2D eigenvalue weighted by atomic mass is 10.1. The third-order valence-corrected chi connectivity index (χ3v) is 3.69. The molecule has 9 heteroatoms. The number of aromatic amines is 2. The molecule has 0 fully saturated rings. The van der Waals surface area contributed by atoms with E-state index in [0.29, 0.717) is 11.5 Å². The Balaban J connectivity index is 1.57. The summed E-state index contributed by atoms with van der Waals surface area (Å²) in [5.74, 6) is -0.328. The Morgan fingerprint density at radius 1 is 1.24 bits per heavy atom. The molecule has 2 aromatic carbocycles. The van der Waals surface area contributed by atoms with Crippen LogP contribution in [0.3, 0.4) is 0 Å². The fourth-order valence-electron chi connectivity index (χ4n) is 2.54. The molecule has 0 bridgehead atoms. The van der Waals surface area contributed by atoms with Gasteiger partial charge in [-0.1, -0.05) is 17.3 Å². The highest BCUT2D eigenvalue weighted by Gasteiger charge is 2.18. The predicted octanol–water partition coefficient (Wildman–Crippen LogP) is 1.03. The van der Waals surface area contributed by atoms with Crippen LogP contribution in [0.1, 0.15) is 16.2 Å². The summed E-state index contributed by atoms with van der Waals surface area (Å²) < 4.78 is 15.0. The number of nitrogens with zero attached hydrogens (tertiary/aromatic N) is 4. The lowest BCUT2D eigenvalue weighted by molar-refractivity contribution is -0.660. The number of carbonyl (C=O) groups is 1. The molecule has 0 saturated heterocycles. The standard InChI is InChI=1S/C16H12FN7O/c17-10-5-6-14(24-9-19-22-23-24)11(7-10)16(25)18-8-15-20-12-3-1-2-4-13(12)21-15/h1-7,9H,8H2,(H2,18,20,21,25)/p+1. The lowest BCUT2D eigenvalue weighted by Crippen LogP contribution is -2.36. The number of rotatable bonds is 4. The first-order valence-corrected chi connectivity index (χ1v) is 7.50. The molecule has 8 nitrogen and oxygen atoms in total. The molecule has 1 amide bonds. The van der Waals surface area contributed by atoms with Gasteiger partial charge in [0.2, 0.25) is 0 Å². The van der Waals surface area contributed by atoms with Crippen molar-refractivity contribution >= 4 is 16.9 Å². The maximum absolute atomic E-state index is 13.6. The van der Waals surface area contributed by atoms with Gasteiger partial charge >= 0.3 is 0 Å². The zero-order valence-corrected chi connectivity index (χ0v) is 12.9. The van der Waals surface area contributed by atoms with Gasteiger partial charge in [-0.25, -0.2) is 9.37 Å². The number of para-hydroxylation sites is 2. The largest absolute Gasteiger partial charge is 0.345 e. The van der Waals surface area contributed by atoms with Gasteiger partial charge in [-0.3, -0.25) is 4.79 Å². The highest BCUT2D eigenvalue weighted by atomic mass is 19.1. The molecule has 0 radical (unpaired) electrons. The van der Waals surface area contributed by atoms with Crippen LogP contribution in [0.25, 0.3) is 16.7 Å². The van der Waals surface area contributed by atoms with Gasteiger partial charge in [0.15, 0.2) is 5.21 Å². The molecule has 0 spiro atoms. The van der Waals surface area contributed by atoms with Crippen molar-refractivity contribution in [2.24, 2.45) is 0 Å². The number of halogens is 1. The van der Waals surface area contributed by atoms with Crippen molar-refractivity contribution in [1.82, 2.24) is 30.8 Å². The molecule has 0 saturated carbocycles. The molecule has 2 aromatic heterocycles. The minimum absolute atomic E-state index is 0.159. The quantitative estimate of drug-likeness (QED) is 0.484. The summed E-state index contributed by atoms with van der Waals surface area (Å²) in [5, 5.41) is 12.6. The van der Waals surface area contributed by atoms with Crippen molar-refractivity contribution in [3.8, 4) is 5.69 Å². The van der Waals surface area contributed by atoms with E-state index in [0.717, 1.165) is 17.1 Å². The fourth-order valence-corrected chi connectivity index (χ4v) is 2.54. The van der Waals surface area contributed by atoms with Crippen LogP contribution < -0.4 is 10.00 Å². The Hall–Kier alpha value is -3.62. The van der Waals surface area contributed by atoms with Crippen LogP contribution in [0, 0.1) is 5.82 Å². The van der Waals surface area contributed by atoms with E-state index in [-0.39, 0.29) is 12.1 Å². The summed E-state index contributed by atoms with van der Waals surface area (Å²) in [6.07, 6.45) is 1.39. The molecule has 0 aliphatic heterocycles. The lowest BCUT2D eigenvalue weighted by Gasteiger charge is -2.07. The zero-order chi connectivity index (χ0) is 17.2. The Bertz CT molecular complexity index is 1010. The molecule has 0 atom stereocenters. The number of imidazole rings is 1. The average molecular weight is 338 g/mol. The Kier molecular flexibility index (Phi) is 3.65. The highest BCUT2D eigenvalue weighted by Crippen LogP contribution is 2.12. The number of benzene rings is 2. The van der Waals surface area contributed by atoms with E-state index < -0.39 is 11.7 Å². The second-order valence-electron chi connectivity index (χ2n) is 5.35. The minimum atomic E-state index is -0.509. The molecule has 4 rings (SSSR count). The van der Waals surface area contributed by atoms with Crippen molar-refractivity contribution in [2.75, 3.05) is 0 Å². The molecule has 124 valence electrons. The summed E-state index contributed by atoms with van der Waals surface area (Å²) in [5.41, 5.74) is 2.30. The molecule has 2 heterocycles. The first-order valence-electron chi connectivity index (χ1n) is 7.50. The van der Waals surface area contributed by atoms with E-state index in [2.05, 4.69) is 30.8 Å². The van der Waals surface area contributed by atoms with Gasteiger partial charge in [0.05, 0.1) is 23.1 Å². The second kappa shape index (κ2) is 6.11. The zero-order valence-electron chi connectivity index (χ0n) is 12.9. The highest BCUT2D eigenvalue weighted by molar-refractivity contribution is 5.96. The van der Waals surface area contributed by atoms with Crippen LogP contribution >= 0.6 is 0 Å². The first-order chi connectivity index (χ1) is 12.2. The SMILES string of the molecule is O=C(NCc1nc2ccccc2[nH]1)c1cc(F)ccc1-[n+]1cnn[nH]1. The smallest absolute Gasteiger partial charge is 0.293 e. The van der Waals surface area contributed by atoms with Crippen molar-refractivity contribution < 1.29 is 13.9 Å². The van der Waals surface area contributed by atoms with Gasteiger partial charge in [-0.15, -0.1) is 4.68 Å². The molecule has 3 N–H and O–H groups in total. The summed E-state index contributed by atoms with van der Waals surface area (Å²) in [4.78, 5) is 20.0. The molecular weight excluding hydrogens is 325 g/mol. The number of tetrazole rings is 1. The van der Waals surface area contributed by atoms with Crippen LogP contribution in [0.15, 0.2) is 48.8 Å². The number of hydrogen-bond acceptors (Lipinski definition) is 4. The van der Waals surface area contributed by atoms with E-state index in [1.165, 1.54) is 23.1 Å². The van der Waals surface area contributed by atoms with Gasteiger partial charge in [0.25, 0.3) is 12.2 Å². The third-order valence-electron chi connectivity index (χ3n) is 3.69. The molecule has 25 heavy (non-hydrogen) atoms. The molecule has 0 unspecified atom stereocenters. The van der Waals surface area contributed by atoms with E-state index in [1.807, 2.05) is 24.3 Å². The average Bonchev–Trinajstić information content (AvgIpc) is 3.28. The third kappa shape index (κ3) is 2.94. The van der Waals surface area contributed by atoms with Crippen LogP contribution in [0.4, 0.5) is 4.39 Å². The number of fused-ring (bicyclic) bond motifs is 1. The number of carbonyl (C=O) groups excluding carboxylic acids is 1. The van der Waals surface area contributed by atoms with Crippen LogP contribution in [0.5, 0.6) is 0 Å². The second-order valence-corrected chi connectivity index (χ2v) is 5.35. The van der Waals surface area contributed by atoms with Crippen molar-refractivity contribution in [2.45, 2.75) is 6.54 Å². The summed E-state index contributed by atoms with van der Waals surface area (Å²) >= 11 is 0.